The van der Waals surface area contributed by atoms with Gasteiger partial charge in [-0.05, 0) is 13.1 Å². The van der Waals surface area contributed by atoms with Gasteiger partial charge in [0.1, 0.15) is 0 Å². The first-order chi connectivity index (χ1) is 6.30. The van der Waals surface area contributed by atoms with Crippen LogP contribution in [0.2, 0.25) is 0 Å². The van der Waals surface area contributed by atoms with Crippen LogP contribution >= 0.6 is 0 Å². The molecule has 2 heterocycles. The highest BCUT2D eigenvalue weighted by molar-refractivity contribution is 5.05. The molecule has 0 aromatic carbocycles. The van der Waals surface area contributed by atoms with Crippen molar-refractivity contribution in [2.75, 3.05) is 45.9 Å². The van der Waals surface area contributed by atoms with E-state index in [1.54, 1.807) is 0 Å². The molecule has 0 atom stereocenters. The molecule has 13 heavy (non-hydrogen) atoms. The van der Waals surface area contributed by atoms with Gasteiger partial charge in [0.25, 0.3) is 0 Å². The summed E-state index contributed by atoms with van der Waals surface area (Å²) in [7, 11) is 0. The molecule has 76 valence electrons. The lowest BCUT2D eigenvalue weighted by Gasteiger charge is -2.57. The van der Waals surface area contributed by atoms with Crippen LogP contribution in [0.1, 0.15) is 13.8 Å². The molecule has 2 fully saturated rings. The van der Waals surface area contributed by atoms with Gasteiger partial charge in [0, 0.05) is 19.6 Å². The highest BCUT2D eigenvalue weighted by atomic mass is 16.5. The SMILES string of the molecule is CCN1CC2(COCCN2CC)C1. The Morgan fingerprint density at radius 1 is 1.23 bits per heavy atom. The van der Waals surface area contributed by atoms with Gasteiger partial charge in [0.15, 0.2) is 0 Å². The van der Waals surface area contributed by atoms with Gasteiger partial charge in [-0.15, -0.1) is 0 Å². The predicted molar refractivity (Wildman–Crippen MR) is 52.9 cm³/mol. The Kier molecular flexibility index (Phi) is 2.58. The number of nitrogens with zero attached hydrogens (tertiary/aromatic N) is 2. The van der Waals surface area contributed by atoms with Crippen LogP contribution in [0.25, 0.3) is 0 Å². The van der Waals surface area contributed by atoms with Crippen molar-refractivity contribution in [2.45, 2.75) is 19.4 Å². The van der Waals surface area contributed by atoms with Gasteiger partial charge in [0.05, 0.1) is 18.8 Å². The molecule has 0 aromatic heterocycles. The van der Waals surface area contributed by atoms with E-state index >= 15 is 0 Å². The molecular weight excluding hydrogens is 164 g/mol. The quantitative estimate of drug-likeness (QED) is 0.618. The zero-order valence-corrected chi connectivity index (χ0v) is 8.75. The van der Waals surface area contributed by atoms with Gasteiger partial charge in [-0.3, -0.25) is 9.80 Å². The molecule has 0 aromatic rings. The molecule has 2 aliphatic rings. The number of morpholine rings is 1. The molecule has 0 N–H and O–H groups in total. The summed E-state index contributed by atoms with van der Waals surface area (Å²) in [5.74, 6) is 0. The standard InChI is InChI=1S/C10H20N2O/c1-3-11-7-10(8-11)9-13-6-5-12(10)4-2/h3-9H2,1-2H3. The van der Waals surface area contributed by atoms with Crippen molar-refractivity contribution in [3.8, 4) is 0 Å². The van der Waals surface area contributed by atoms with Crippen molar-refractivity contribution in [3.05, 3.63) is 0 Å². The summed E-state index contributed by atoms with van der Waals surface area (Å²) in [5.41, 5.74) is 0.378. The summed E-state index contributed by atoms with van der Waals surface area (Å²) in [6, 6.07) is 0. The lowest BCUT2D eigenvalue weighted by atomic mass is 9.87. The minimum Gasteiger partial charge on any atom is -0.378 e. The van der Waals surface area contributed by atoms with E-state index in [1.807, 2.05) is 0 Å². The third-order valence-corrected chi connectivity index (χ3v) is 3.41. The third-order valence-electron chi connectivity index (χ3n) is 3.41. The van der Waals surface area contributed by atoms with E-state index in [0.29, 0.717) is 5.54 Å². The summed E-state index contributed by atoms with van der Waals surface area (Å²) in [5, 5.41) is 0. The summed E-state index contributed by atoms with van der Waals surface area (Å²) >= 11 is 0. The van der Waals surface area contributed by atoms with Crippen LogP contribution in [0.5, 0.6) is 0 Å². The van der Waals surface area contributed by atoms with Crippen molar-refractivity contribution in [2.24, 2.45) is 0 Å². The zero-order valence-electron chi connectivity index (χ0n) is 8.75. The summed E-state index contributed by atoms with van der Waals surface area (Å²) in [4.78, 5) is 5.07. The Morgan fingerprint density at radius 2 is 2.00 bits per heavy atom. The van der Waals surface area contributed by atoms with Crippen molar-refractivity contribution >= 4 is 0 Å². The van der Waals surface area contributed by atoms with Gasteiger partial charge < -0.3 is 4.74 Å². The fourth-order valence-electron chi connectivity index (χ4n) is 2.56. The molecule has 2 rings (SSSR count). The van der Waals surface area contributed by atoms with Crippen LogP contribution in [-0.4, -0.2) is 61.3 Å². The molecule has 2 aliphatic heterocycles. The topological polar surface area (TPSA) is 15.7 Å². The Balaban J connectivity index is 1.96. The summed E-state index contributed by atoms with van der Waals surface area (Å²) < 4.78 is 5.58. The summed E-state index contributed by atoms with van der Waals surface area (Å²) in [6.07, 6.45) is 0. The van der Waals surface area contributed by atoms with Crippen molar-refractivity contribution in [3.63, 3.8) is 0 Å². The molecule has 0 aliphatic carbocycles. The lowest BCUT2D eigenvalue weighted by molar-refractivity contribution is -0.137. The molecule has 3 nitrogen and oxygen atoms in total. The van der Waals surface area contributed by atoms with Crippen LogP contribution in [0.4, 0.5) is 0 Å². The van der Waals surface area contributed by atoms with Gasteiger partial charge in [-0.1, -0.05) is 13.8 Å². The van der Waals surface area contributed by atoms with Crippen LogP contribution in [0.15, 0.2) is 0 Å². The number of hydrogen-bond acceptors (Lipinski definition) is 3. The van der Waals surface area contributed by atoms with Gasteiger partial charge in [0.2, 0.25) is 0 Å². The first-order valence-electron chi connectivity index (χ1n) is 5.36. The Bertz CT molecular complexity index is 178. The predicted octanol–water partition coefficient (Wildman–Crippen LogP) is 0.413. The van der Waals surface area contributed by atoms with Crippen molar-refractivity contribution in [1.82, 2.24) is 9.80 Å². The molecule has 1 spiro atoms. The van der Waals surface area contributed by atoms with Crippen LogP contribution in [0.3, 0.4) is 0 Å². The molecule has 2 saturated heterocycles. The maximum Gasteiger partial charge on any atom is 0.0699 e. The van der Waals surface area contributed by atoms with E-state index in [-0.39, 0.29) is 0 Å². The lowest BCUT2D eigenvalue weighted by Crippen LogP contribution is -2.74. The molecule has 0 saturated carbocycles. The van der Waals surface area contributed by atoms with E-state index < -0.39 is 0 Å². The highest BCUT2D eigenvalue weighted by Crippen LogP contribution is 2.29. The minimum absolute atomic E-state index is 0.378. The minimum atomic E-state index is 0.378. The molecule has 0 bridgehead atoms. The maximum atomic E-state index is 5.58. The number of likely N-dealkylation sites (tertiary alicyclic amines) is 1. The second-order valence-corrected chi connectivity index (χ2v) is 4.16. The number of rotatable bonds is 2. The van der Waals surface area contributed by atoms with Gasteiger partial charge in [-0.2, -0.15) is 0 Å². The monoisotopic (exact) mass is 184 g/mol. The van der Waals surface area contributed by atoms with Crippen LogP contribution < -0.4 is 0 Å². The molecule has 0 radical (unpaired) electrons. The van der Waals surface area contributed by atoms with Gasteiger partial charge >= 0.3 is 0 Å². The molecule has 0 unspecified atom stereocenters. The average Bonchev–Trinajstić information content (AvgIpc) is 2.13. The normalized spacial score (nSPS) is 29.1. The van der Waals surface area contributed by atoms with Gasteiger partial charge in [-0.25, -0.2) is 0 Å². The van der Waals surface area contributed by atoms with Crippen molar-refractivity contribution in [1.29, 1.82) is 0 Å². The molecular formula is C10H20N2O. The van der Waals surface area contributed by atoms with E-state index in [0.717, 1.165) is 19.8 Å². The Hall–Kier alpha value is -0.120. The van der Waals surface area contributed by atoms with E-state index in [1.165, 1.54) is 26.2 Å². The average molecular weight is 184 g/mol. The second-order valence-electron chi connectivity index (χ2n) is 4.16. The summed E-state index contributed by atoms with van der Waals surface area (Å²) in [6.45, 7) is 12.2. The fraction of sp³-hybridized carbons (Fsp3) is 1.00. The number of likely N-dealkylation sites (N-methyl/N-ethyl adjacent to an activating group) is 2. The highest BCUT2D eigenvalue weighted by Gasteiger charge is 2.47. The fourth-order valence-corrected chi connectivity index (χ4v) is 2.56. The largest absolute Gasteiger partial charge is 0.378 e. The van der Waals surface area contributed by atoms with Crippen LogP contribution in [-0.2, 0) is 4.74 Å². The van der Waals surface area contributed by atoms with Crippen molar-refractivity contribution < 1.29 is 4.74 Å². The van der Waals surface area contributed by atoms with E-state index in [4.69, 9.17) is 4.74 Å². The van der Waals surface area contributed by atoms with E-state index in [2.05, 4.69) is 23.6 Å². The van der Waals surface area contributed by atoms with E-state index in [9.17, 15) is 0 Å². The molecule has 0 amide bonds. The maximum absolute atomic E-state index is 5.58. The Morgan fingerprint density at radius 3 is 2.62 bits per heavy atom. The third kappa shape index (κ3) is 1.49. The second kappa shape index (κ2) is 3.56. The first-order valence-corrected chi connectivity index (χ1v) is 5.36. The number of ether oxygens (including phenoxy) is 1. The zero-order chi connectivity index (χ0) is 9.31. The molecule has 3 heteroatoms. The first kappa shape index (κ1) is 9.44. The smallest absolute Gasteiger partial charge is 0.0699 e. The Labute approximate surface area is 80.6 Å². The van der Waals surface area contributed by atoms with Crippen LogP contribution in [0, 0.1) is 0 Å². The number of hydrogen-bond donors (Lipinski definition) is 0.